The van der Waals surface area contributed by atoms with E-state index in [1.54, 1.807) is 6.07 Å². The van der Waals surface area contributed by atoms with Crippen LogP contribution in [-0.2, 0) is 0 Å². The largest absolute Gasteiger partial charge is 0.398 e. The van der Waals surface area contributed by atoms with Crippen LogP contribution in [0.25, 0.3) is 0 Å². The minimum absolute atomic E-state index is 0.00711. The van der Waals surface area contributed by atoms with E-state index in [4.69, 9.17) is 5.73 Å². The van der Waals surface area contributed by atoms with Crippen LogP contribution in [-0.4, -0.2) is 12.5 Å². The predicted octanol–water partition coefficient (Wildman–Crippen LogP) is 2.81. The number of rotatable bonds is 3. The lowest BCUT2D eigenvalue weighted by molar-refractivity contribution is 0.0890. The number of nitrogen functional groups attached to an aromatic ring is 1. The van der Waals surface area contributed by atoms with Crippen LogP contribution < -0.4 is 11.1 Å². The average Bonchev–Trinajstić information content (AvgIpc) is 2.28. The first kappa shape index (κ1) is 12.9. The second-order valence-electron chi connectivity index (χ2n) is 5.87. The number of hydrogen-bond donors (Lipinski definition) is 2. The highest BCUT2D eigenvalue weighted by Gasteiger charge is 2.32. The molecule has 0 aromatic heterocycles. The molecule has 0 saturated heterocycles. The van der Waals surface area contributed by atoms with E-state index >= 15 is 0 Å². The van der Waals surface area contributed by atoms with Gasteiger partial charge in [-0.1, -0.05) is 19.4 Å². The van der Waals surface area contributed by atoms with Crippen molar-refractivity contribution in [1.82, 2.24) is 5.32 Å². The Morgan fingerprint density at radius 3 is 2.56 bits per heavy atom. The van der Waals surface area contributed by atoms with Gasteiger partial charge < -0.3 is 11.1 Å². The summed E-state index contributed by atoms with van der Waals surface area (Å²) in [6.45, 7) is 6.90. The van der Waals surface area contributed by atoms with Gasteiger partial charge >= 0.3 is 0 Å². The Balaban J connectivity index is 2.06. The minimum atomic E-state index is -0.00711. The van der Waals surface area contributed by atoms with Gasteiger partial charge in [0.05, 0.1) is 0 Å². The molecular formula is C15H22N2O. The molecule has 3 heteroatoms. The quantitative estimate of drug-likeness (QED) is 0.806. The molecule has 3 nitrogen and oxygen atoms in total. The number of nitrogens with two attached hydrogens (primary N) is 1. The molecule has 0 atom stereocenters. The van der Waals surface area contributed by atoms with Gasteiger partial charge in [0.25, 0.3) is 5.91 Å². The maximum atomic E-state index is 12.1. The minimum Gasteiger partial charge on any atom is -0.398 e. The Labute approximate surface area is 109 Å². The van der Waals surface area contributed by atoms with Crippen molar-refractivity contribution in [3.05, 3.63) is 28.8 Å². The lowest BCUT2D eigenvalue weighted by atomic mass is 9.70. The summed E-state index contributed by atoms with van der Waals surface area (Å²) in [6, 6.07) is 3.75. The molecule has 0 aliphatic heterocycles. The number of amides is 1. The third kappa shape index (κ3) is 2.50. The number of carbonyl (C=O) groups excluding carboxylic acids is 1. The van der Waals surface area contributed by atoms with Crippen molar-refractivity contribution >= 4 is 11.6 Å². The predicted molar refractivity (Wildman–Crippen MR) is 74.6 cm³/mol. The first-order chi connectivity index (χ1) is 8.41. The number of nitrogens with one attached hydrogen (secondary N) is 1. The van der Waals surface area contributed by atoms with Gasteiger partial charge in [0.1, 0.15) is 0 Å². The summed E-state index contributed by atoms with van der Waals surface area (Å²) in [6.07, 6.45) is 3.70. The summed E-state index contributed by atoms with van der Waals surface area (Å²) < 4.78 is 0. The molecule has 18 heavy (non-hydrogen) atoms. The summed E-state index contributed by atoms with van der Waals surface area (Å²) in [5, 5.41) is 3.03. The Hall–Kier alpha value is -1.51. The Kier molecular flexibility index (Phi) is 3.33. The molecule has 0 bridgehead atoms. The molecule has 0 heterocycles. The molecule has 3 N–H and O–H groups in total. The molecule has 0 spiro atoms. The summed E-state index contributed by atoms with van der Waals surface area (Å²) in [7, 11) is 0. The van der Waals surface area contributed by atoms with Crippen molar-refractivity contribution in [1.29, 1.82) is 0 Å². The number of anilines is 1. The van der Waals surface area contributed by atoms with Crippen LogP contribution in [0.15, 0.2) is 12.1 Å². The van der Waals surface area contributed by atoms with Crippen LogP contribution in [0.2, 0.25) is 0 Å². The van der Waals surface area contributed by atoms with Gasteiger partial charge in [0.2, 0.25) is 0 Å². The zero-order valence-corrected chi connectivity index (χ0v) is 11.5. The summed E-state index contributed by atoms with van der Waals surface area (Å²) in [5.41, 5.74) is 9.56. The Morgan fingerprint density at radius 1 is 1.33 bits per heavy atom. The monoisotopic (exact) mass is 246 g/mol. The molecule has 1 amide bonds. The normalized spacial score (nSPS) is 17.1. The van der Waals surface area contributed by atoms with Gasteiger partial charge in [-0.05, 0) is 49.3 Å². The molecule has 1 aromatic carbocycles. The van der Waals surface area contributed by atoms with Crippen LogP contribution in [0.5, 0.6) is 0 Å². The second-order valence-corrected chi connectivity index (χ2v) is 5.87. The molecule has 98 valence electrons. The molecule has 1 aliphatic carbocycles. The second kappa shape index (κ2) is 4.63. The number of carbonyl (C=O) groups is 1. The van der Waals surface area contributed by atoms with Gasteiger partial charge in [-0.2, -0.15) is 0 Å². The van der Waals surface area contributed by atoms with Gasteiger partial charge in [-0.3, -0.25) is 4.79 Å². The fourth-order valence-electron chi connectivity index (χ4n) is 2.46. The zero-order valence-electron chi connectivity index (χ0n) is 11.5. The fraction of sp³-hybridized carbons (Fsp3) is 0.533. The van der Waals surface area contributed by atoms with Gasteiger partial charge in [-0.15, -0.1) is 0 Å². The third-order valence-corrected chi connectivity index (χ3v) is 4.09. The van der Waals surface area contributed by atoms with E-state index in [-0.39, 0.29) is 5.91 Å². The number of aryl methyl sites for hydroxylation is 2. The smallest absolute Gasteiger partial charge is 0.251 e. The van der Waals surface area contributed by atoms with Crippen LogP contribution in [0.3, 0.4) is 0 Å². The highest BCUT2D eigenvalue weighted by atomic mass is 16.1. The first-order valence-corrected chi connectivity index (χ1v) is 6.56. The van der Waals surface area contributed by atoms with Gasteiger partial charge in [-0.25, -0.2) is 0 Å². The molecule has 1 fully saturated rings. The van der Waals surface area contributed by atoms with Crippen molar-refractivity contribution in [3.63, 3.8) is 0 Å². The zero-order chi connectivity index (χ0) is 13.3. The van der Waals surface area contributed by atoms with E-state index in [1.165, 1.54) is 19.3 Å². The molecule has 0 radical (unpaired) electrons. The van der Waals surface area contributed by atoms with E-state index in [9.17, 15) is 4.79 Å². The lowest BCUT2D eigenvalue weighted by Crippen LogP contribution is -2.40. The van der Waals surface area contributed by atoms with Crippen molar-refractivity contribution in [3.8, 4) is 0 Å². The van der Waals surface area contributed by atoms with Gasteiger partial charge in [0.15, 0.2) is 0 Å². The van der Waals surface area contributed by atoms with E-state index in [1.807, 2.05) is 19.9 Å². The molecule has 1 aliphatic rings. The molecule has 1 aromatic rings. The van der Waals surface area contributed by atoms with Crippen LogP contribution in [0.4, 0.5) is 5.69 Å². The first-order valence-electron chi connectivity index (χ1n) is 6.56. The lowest BCUT2D eigenvalue weighted by Gasteiger charge is -2.38. The topological polar surface area (TPSA) is 55.1 Å². The molecule has 0 unspecified atom stereocenters. The Morgan fingerprint density at radius 2 is 2.00 bits per heavy atom. The number of benzene rings is 1. The van der Waals surface area contributed by atoms with Crippen LogP contribution in [0.1, 0.15) is 47.7 Å². The summed E-state index contributed by atoms with van der Waals surface area (Å²) in [4.78, 5) is 12.1. The molecule has 2 rings (SSSR count). The maximum Gasteiger partial charge on any atom is 0.251 e. The van der Waals surface area contributed by atoms with Gasteiger partial charge in [0, 0.05) is 17.8 Å². The van der Waals surface area contributed by atoms with E-state index < -0.39 is 0 Å². The van der Waals surface area contributed by atoms with Crippen molar-refractivity contribution in [2.45, 2.75) is 40.0 Å². The molecular weight excluding hydrogens is 224 g/mol. The van der Waals surface area contributed by atoms with E-state index in [2.05, 4.69) is 12.2 Å². The summed E-state index contributed by atoms with van der Waals surface area (Å²) >= 11 is 0. The standard InChI is InChI=1S/C15H22N2O/c1-10-7-11(2)13(16)8-12(10)14(18)17-9-15(3)5-4-6-15/h7-8H,4-6,9,16H2,1-3H3,(H,17,18). The fourth-order valence-corrected chi connectivity index (χ4v) is 2.46. The average molecular weight is 246 g/mol. The maximum absolute atomic E-state index is 12.1. The van der Waals surface area contributed by atoms with Crippen molar-refractivity contribution in [2.24, 2.45) is 5.41 Å². The van der Waals surface area contributed by atoms with Crippen LogP contribution >= 0.6 is 0 Å². The highest BCUT2D eigenvalue weighted by molar-refractivity contribution is 5.96. The SMILES string of the molecule is Cc1cc(C)c(C(=O)NCC2(C)CCC2)cc1N. The summed E-state index contributed by atoms with van der Waals surface area (Å²) in [5.74, 6) is -0.00711. The molecule has 1 saturated carbocycles. The third-order valence-electron chi connectivity index (χ3n) is 4.09. The van der Waals surface area contributed by atoms with Crippen molar-refractivity contribution < 1.29 is 4.79 Å². The van der Waals surface area contributed by atoms with E-state index in [0.717, 1.165) is 17.7 Å². The number of hydrogen-bond acceptors (Lipinski definition) is 2. The van der Waals surface area contributed by atoms with E-state index in [0.29, 0.717) is 16.7 Å². The van der Waals surface area contributed by atoms with Crippen LogP contribution in [0, 0.1) is 19.3 Å². The van der Waals surface area contributed by atoms with Crippen molar-refractivity contribution in [2.75, 3.05) is 12.3 Å². The highest BCUT2D eigenvalue weighted by Crippen LogP contribution is 2.39. The Bertz CT molecular complexity index is 476.